The minimum absolute atomic E-state index is 0.517. The van der Waals surface area contributed by atoms with Crippen LogP contribution in [0, 0.1) is 0 Å². The van der Waals surface area contributed by atoms with Crippen molar-refractivity contribution in [3.63, 3.8) is 0 Å². The van der Waals surface area contributed by atoms with Crippen LogP contribution in [0.3, 0.4) is 0 Å². The molecule has 4 nitrogen and oxygen atoms in total. The fourth-order valence-corrected chi connectivity index (χ4v) is 1.53. The van der Waals surface area contributed by atoms with Crippen molar-refractivity contribution < 1.29 is 9.90 Å². The van der Waals surface area contributed by atoms with Gasteiger partial charge >= 0.3 is 5.97 Å². The Kier molecular flexibility index (Phi) is 2.19. The molecule has 2 aromatic rings. The molecule has 1 atom stereocenters. The number of hydrogen-bond acceptors (Lipinski definition) is 2. The van der Waals surface area contributed by atoms with Crippen molar-refractivity contribution >= 4 is 17.0 Å². The highest BCUT2D eigenvalue weighted by Crippen LogP contribution is 2.19. The van der Waals surface area contributed by atoms with Crippen molar-refractivity contribution in [3.05, 3.63) is 30.1 Å². The molecular weight excluding hydrogens is 192 g/mol. The lowest BCUT2D eigenvalue weighted by Crippen LogP contribution is -2.07. The summed E-state index contributed by atoms with van der Waals surface area (Å²) in [6, 6.07) is 3.78. The van der Waals surface area contributed by atoms with Gasteiger partial charge in [0.25, 0.3) is 0 Å². The van der Waals surface area contributed by atoms with Gasteiger partial charge in [-0.15, -0.1) is 0 Å². The first-order chi connectivity index (χ1) is 7.09. The Bertz CT molecular complexity index is 516. The average molecular weight is 204 g/mol. The van der Waals surface area contributed by atoms with Gasteiger partial charge < -0.3 is 9.67 Å². The van der Waals surface area contributed by atoms with Crippen molar-refractivity contribution in [3.8, 4) is 0 Å². The van der Waals surface area contributed by atoms with Crippen LogP contribution in [-0.4, -0.2) is 20.6 Å². The highest BCUT2D eigenvalue weighted by molar-refractivity contribution is 5.80. The summed E-state index contributed by atoms with van der Waals surface area (Å²) in [6.45, 7) is 1.66. The summed E-state index contributed by atoms with van der Waals surface area (Å²) in [7, 11) is 1.92. The number of fused-ring (bicyclic) bond motifs is 1. The van der Waals surface area contributed by atoms with E-state index in [0.29, 0.717) is 0 Å². The maximum Gasteiger partial charge on any atom is 0.310 e. The standard InChI is InChI=1S/C11H12N2O2/c1-7(11(14)15)8-5-10-9(12-6-8)3-4-13(10)2/h3-7H,1-2H3,(H,14,15). The molecule has 2 heterocycles. The normalized spacial score (nSPS) is 12.9. The molecule has 0 aliphatic carbocycles. The second-order valence-electron chi connectivity index (χ2n) is 3.66. The zero-order valence-corrected chi connectivity index (χ0v) is 8.64. The molecule has 0 radical (unpaired) electrons. The third kappa shape index (κ3) is 1.58. The van der Waals surface area contributed by atoms with Crippen LogP contribution in [0.25, 0.3) is 11.0 Å². The van der Waals surface area contributed by atoms with Crippen LogP contribution < -0.4 is 0 Å². The third-order valence-electron chi connectivity index (χ3n) is 2.62. The lowest BCUT2D eigenvalue weighted by atomic mass is 10.0. The predicted octanol–water partition coefficient (Wildman–Crippen LogP) is 1.76. The molecule has 0 amide bonds. The van der Waals surface area contributed by atoms with Gasteiger partial charge in [-0.3, -0.25) is 9.78 Å². The van der Waals surface area contributed by atoms with Gasteiger partial charge in [0, 0.05) is 19.4 Å². The van der Waals surface area contributed by atoms with Crippen LogP contribution in [0.4, 0.5) is 0 Å². The van der Waals surface area contributed by atoms with Crippen LogP contribution in [-0.2, 0) is 11.8 Å². The van der Waals surface area contributed by atoms with E-state index in [0.717, 1.165) is 16.6 Å². The molecule has 1 unspecified atom stereocenters. The van der Waals surface area contributed by atoms with E-state index in [1.807, 2.05) is 29.9 Å². The molecule has 78 valence electrons. The molecular formula is C11H12N2O2. The van der Waals surface area contributed by atoms with Crippen molar-refractivity contribution in [2.75, 3.05) is 0 Å². The Labute approximate surface area is 87.2 Å². The van der Waals surface area contributed by atoms with E-state index >= 15 is 0 Å². The summed E-state index contributed by atoms with van der Waals surface area (Å²) in [5.41, 5.74) is 2.58. The largest absolute Gasteiger partial charge is 0.481 e. The molecule has 0 spiro atoms. The Hall–Kier alpha value is -1.84. The summed E-state index contributed by atoms with van der Waals surface area (Å²) < 4.78 is 1.93. The monoisotopic (exact) mass is 204 g/mol. The Morgan fingerprint density at radius 1 is 1.60 bits per heavy atom. The quantitative estimate of drug-likeness (QED) is 0.810. The number of aromatic nitrogens is 2. The molecule has 0 bridgehead atoms. The molecule has 2 rings (SSSR count). The fraction of sp³-hybridized carbons (Fsp3) is 0.273. The highest BCUT2D eigenvalue weighted by Gasteiger charge is 2.14. The number of aryl methyl sites for hydroxylation is 1. The molecule has 1 N–H and O–H groups in total. The van der Waals surface area contributed by atoms with Crippen molar-refractivity contribution in [2.45, 2.75) is 12.8 Å². The number of carboxylic acid groups (broad SMARTS) is 1. The zero-order chi connectivity index (χ0) is 11.0. The molecule has 4 heteroatoms. The fourth-order valence-electron chi connectivity index (χ4n) is 1.53. The van der Waals surface area contributed by atoms with Gasteiger partial charge in [0.1, 0.15) is 0 Å². The van der Waals surface area contributed by atoms with Gasteiger partial charge in [-0.05, 0) is 24.6 Å². The van der Waals surface area contributed by atoms with Crippen LogP contribution in [0.1, 0.15) is 18.4 Å². The van der Waals surface area contributed by atoms with E-state index in [9.17, 15) is 4.79 Å². The van der Waals surface area contributed by atoms with Crippen molar-refractivity contribution in [2.24, 2.45) is 7.05 Å². The summed E-state index contributed by atoms with van der Waals surface area (Å²) in [6.07, 6.45) is 3.54. The van der Waals surface area contributed by atoms with E-state index in [2.05, 4.69) is 4.98 Å². The number of nitrogens with zero attached hydrogens (tertiary/aromatic N) is 2. The van der Waals surface area contributed by atoms with Crippen LogP contribution >= 0.6 is 0 Å². The second kappa shape index (κ2) is 3.38. The van der Waals surface area contributed by atoms with Crippen LogP contribution in [0.5, 0.6) is 0 Å². The summed E-state index contributed by atoms with van der Waals surface area (Å²) in [5.74, 6) is -1.35. The summed E-state index contributed by atoms with van der Waals surface area (Å²) >= 11 is 0. The topological polar surface area (TPSA) is 55.1 Å². The van der Waals surface area contributed by atoms with Crippen LogP contribution in [0.15, 0.2) is 24.5 Å². The number of carbonyl (C=O) groups is 1. The molecule has 0 saturated carbocycles. The first-order valence-electron chi connectivity index (χ1n) is 4.73. The van der Waals surface area contributed by atoms with E-state index < -0.39 is 11.9 Å². The van der Waals surface area contributed by atoms with Gasteiger partial charge in [0.05, 0.1) is 17.0 Å². The second-order valence-corrected chi connectivity index (χ2v) is 3.66. The molecule has 0 saturated heterocycles. The lowest BCUT2D eigenvalue weighted by molar-refractivity contribution is -0.138. The number of carboxylic acids is 1. The van der Waals surface area contributed by atoms with Gasteiger partial charge in [-0.2, -0.15) is 0 Å². The van der Waals surface area contributed by atoms with E-state index in [4.69, 9.17) is 5.11 Å². The van der Waals surface area contributed by atoms with Crippen molar-refractivity contribution in [1.82, 2.24) is 9.55 Å². The number of pyridine rings is 1. The molecule has 0 aliphatic heterocycles. The zero-order valence-electron chi connectivity index (χ0n) is 8.64. The third-order valence-corrected chi connectivity index (χ3v) is 2.62. The van der Waals surface area contributed by atoms with Gasteiger partial charge in [0.15, 0.2) is 0 Å². The molecule has 2 aromatic heterocycles. The number of aliphatic carboxylic acids is 1. The molecule has 0 aromatic carbocycles. The molecule has 0 aliphatic rings. The maximum atomic E-state index is 10.8. The maximum absolute atomic E-state index is 10.8. The number of rotatable bonds is 2. The first kappa shape index (κ1) is 9.71. The summed E-state index contributed by atoms with van der Waals surface area (Å²) in [4.78, 5) is 15.0. The van der Waals surface area contributed by atoms with Gasteiger partial charge in [-0.25, -0.2) is 0 Å². The Balaban J connectivity index is 2.54. The Morgan fingerprint density at radius 2 is 2.33 bits per heavy atom. The SMILES string of the molecule is CC(C(=O)O)c1cnc2ccn(C)c2c1. The molecule has 0 fully saturated rings. The number of hydrogen-bond donors (Lipinski definition) is 1. The van der Waals surface area contributed by atoms with Crippen molar-refractivity contribution in [1.29, 1.82) is 0 Å². The van der Waals surface area contributed by atoms with Crippen LogP contribution in [0.2, 0.25) is 0 Å². The van der Waals surface area contributed by atoms with E-state index in [-0.39, 0.29) is 0 Å². The van der Waals surface area contributed by atoms with Gasteiger partial charge in [0.2, 0.25) is 0 Å². The first-order valence-corrected chi connectivity index (χ1v) is 4.73. The smallest absolute Gasteiger partial charge is 0.310 e. The predicted molar refractivity (Wildman–Crippen MR) is 56.8 cm³/mol. The Morgan fingerprint density at radius 3 is 3.00 bits per heavy atom. The average Bonchev–Trinajstić information content (AvgIpc) is 2.59. The summed E-state index contributed by atoms with van der Waals surface area (Å²) in [5, 5.41) is 8.89. The highest BCUT2D eigenvalue weighted by atomic mass is 16.4. The van der Waals surface area contributed by atoms with E-state index in [1.54, 1.807) is 13.1 Å². The van der Waals surface area contributed by atoms with E-state index in [1.165, 1.54) is 0 Å². The lowest BCUT2D eigenvalue weighted by Gasteiger charge is -2.06. The minimum Gasteiger partial charge on any atom is -0.481 e. The molecule has 15 heavy (non-hydrogen) atoms. The minimum atomic E-state index is -0.828. The van der Waals surface area contributed by atoms with Gasteiger partial charge in [-0.1, -0.05) is 0 Å².